The maximum absolute atomic E-state index is 16.9. The maximum Gasteiger partial charge on any atom is 0.303 e. The Bertz CT molecular complexity index is 925. The Morgan fingerprint density at radius 1 is 1.23 bits per heavy atom. The lowest BCUT2D eigenvalue weighted by Crippen LogP contribution is -2.68. The first-order valence-electron chi connectivity index (χ1n) is 10.4. The van der Waals surface area contributed by atoms with Gasteiger partial charge in [0.1, 0.15) is 0 Å². The van der Waals surface area contributed by atoms with Crippen molar-refractivity contribution in [2.24, 2.45) is 22.7 Å². The van der Waals surface area contributed by atoms with E-state index in [9.17, 15) is 19.2 Å². The number of hydrogen-bond acceptors (Lipinski definition) is 5. The highest BCUT2D eigenvalue weighted by Crippen LogP contribution is 2.69. The number of halogens is 2. The van der Waals surface area contributed by atoms with E-state index in [0.29, 0.717) is 24.8 Å². The molecule has 4 aliphatic rings. The standard InChI is InChI=1S/C23H26ClFO5/c1-13(26)30-22(19(29)12-24)9-7-16-17-5-4-14-10-15(27)6-8-20(14,2)23(17,25)18(28)11-21(16,22)3/h6,8,10,16-17H,4-5,7,9,11-12H2,1-3H3/t16-,17-,20-,21-,22-,23-/m0/s1. The summed E-state index contributed by atoms with van der Waals surface area (Å²) in [5.41, 5.74) is -5.25. The molecule has 0 spiro atoms. The number of carbonyl (C=O) groups excluding carboxylic acids is 4. The third kappa shape index (κ3) is 2.40. The van der Waals surface area contributed by atoms with Crippen LogP contribution in [0.15, 0.2) is 23.8 Å². The summed E-state index contributed by atoms with van der Waals surface area (Å²) in [6, 6.07) is 0. The van der Waals surface area contributed by atoms with Crippen molar-refractivity contribution in [3.05, 3.63) is 23.8 Å². The second-order valence-corrected chi connectivity index (χ2v) is 9.87. The molecule has 0 aromatic carbocycles. The van der Waals surface area contributed by atoms with Crippen LogP contribution >= 0.6 is 11.6 Å². The monoisotopic (exact) mass is 436 g/mol. The average Bonchev–Trinajstić information content (AvgIpc) is 2.95. The van der Waals surface area contributed by atoms with Gasteiger partial charge in [0.25, 0.3) is 0 Å². The number of rotatable bonds is 3. The second-order valence-electron chi connectivity index (χ2n) is 9.60. The molecule has 3 saturated carbocycles. The van der Waals surface area contributed by atoms with Crippen LogP contribution in [0.4, 0.5) is 4.39 Å². The van der Waals surface area contributed by atoms with Crippen molar-refractivity contribution in [3.63, 3.8) is 0 Å². The zero-order valence-corrected chi connectivity index (χ0v) is 18.2. The highest BCUT2D eigenvalue weighted by atomic mass is 35.5. The highest BCUT2D eigenvalue weighted by Gasteiger charge is 2.75. The van der Waals surface area contributed by atoms with Gasteiger partial charge in [-0.3, -0.25) is 19.2 Å². The van der Waals surface area contributed by atoms with Gasteiger partial charge in [0.2, 0.25) is 0 Å². The van der Waals surface area contributed by atoms with Crippen LogP contribution in [0.25, 0.3) is 0 Å². The molecule has 4 rings (SSSR count). The lowest BCUT2D eigenvalue weighted by atomic mass is 9.45. The van der Waals surface area contributed by atoms with Gasteiger partial charge in [-0.05, 0) is 50.7 Å². The quantitative estimate of drug-likeness (QED) is 0.498. The normalized spacial score (nSPS) is 44.6. The molecule has 0 radical (unpaired) electrons. The molecule has 3 fully saturated rings. The molecule has 0 saturated heterocycles. The van der Waals surface area contributed by atoms with Gasteiger partial charge in [0.15, 0.2) is 28.6 Å². The topological polar surface area (TPSA) is 77.5 Å². The molecule has 0 aliphatic heterocycles. The summed E-state index contributed by atoms with van der Waals surface area (Å²) in [4.78, 5) is 50.2. The second kappa shape index (κ2) is 6.59. The molecule has 0 bridgehead atoms. The molecule has 162 valence electrons. The number of esters is 1. The van der Waals surface area contributed by atoms with Gasteiger partial charge in [0, 0.05) is 30.1 Å². The number of hydrogen-bond donors (Lipinski definition) is 0. The highest BCUT2D eigenvalue weighted by molar-refractivity contribution is 6.29. The van der Waals surface area contributed by atoms with Gasteiger partial charge in [0.05, 0.1) is 5.88 Å². The molecular formula is C23H26ClFO5. The average molecular weight is 437 g/mol. The van der Waals surface area contributed by atoms with Gasteiger partial charge in [-0.25, -0.2) is 4.39 Å². The van der Waals surface area contributed by atoms with Gasteiger partial charge in [-0.15, -0.1) is 11.6 Å². The summed E-state index contributed by atoms with van der Waals surface area (Å²) in [5.74, 6) is -3.15. The molecule has 0 heterocycles. The van der Waals surface area contributed by atoms with E-state index in [4.69, 9.17) is 16.3 Å². The molecule has 6 atom stereocenters. The van der Waals surface area contributed by atoms with E-state index in [1.807, 2.05) is 0 Å². The van der Waals surface area contributed by atoms with E-state index in [0.717, 1.165) is 0 Å². The number of carbonyl (C=O) groups is 4. The minimum atomic E-state index is -2.17. The van der Waals surface area contributed by atoms with Crippen molar-refractivity contribution < 1.29 is 28.3 Å². The number of allylic oxidation sites excluding steroid dienone is 4. The maximum atomic E-state index is 16.9. The van der Waals surface area contributed by atoms with Crippen LogP contribution in [0, 0.1) is 22.7 Å². The number of ether oxygens (including phenoxy) is 1. The summed E-state index contributed by atoms with van der Waals surface area (Å²) in [7, 11) is 0. The Labute approximate surface area is 180 Å². The summed E-state index contributed by atoms with van der Waals surface area (Å²) in [6.07, 6.45) is 5.71. The largest absolute Gasteiger partial charge is 0.451 e. The summed E-state index contributed by atoms with van der Waals surface area (Å²) < 4.78 is 22.5. The Balaban J connectivity index is 1.83. The van der Waals surface area contributed by atoms with Gasteiger partial charge >= 0.3 is 5.97 Å². The van der Waals surface area contributed by atoms with E-state index >= 15 is 4.39 Å². The van der Waals surface area contributed by atoms with Crippen molar-refractivity contribution >= 4 is 34.9 Å². The van der Waals surface area contributed by atoms with Crippen molar-refractivity contribution in [3.8, 4) is 0 Å². The van der Waals surface area contributed by atoms with Gasteiger partial charge in [-0.1, -0.05) is 18.6 Å². The van der Waals surface area contributed by atoms with E-state index in [1.165, 1.54) is 25.2 Å². The van der Waals surface area contributed by atoms with Crippen molar-refractivity contribution in [2.75, 3.05) is 5.88 Å². The predicted molar refractivity (Wildman–Crippen MR) is 108 cm³/mol. The zero-order valence-electron chi connectivity index (χ0n) is 17.4. The van der Waals surface area contributed by atoms with Gasteiger partial charge < -0.3 is 4.74 Å². The third-order valence-corrected chi connectivity index (χ3v) is 8.66. The lowest BCUT2D eigenvalue weighted by molar-refractivity contribution is -0.196. The number of Topliss-reactive ketones (excluding diaryl/α,β-unsaturated/α-hetero) is 2. The number of fused-ring (bicyclic) bond motifs is 5. The number of ketones is 3. The molecule has 5 nitrogen and oxygen atoms in total. The fraction of sp³-hybridized carbons (Fsp3) is 0.652. The summed E-state index contributed by atoms with van der Waals surface area (Å²) in [5, 5.41) is 0. The first-order valence-corrected chi connectivity index (χ1v) is 10.9. The lowest BCUT2D eigenvalue weighted by Gasteiger charge is -2.59. The van der Waals surface area contributed by atoms with E-state index in [2.05, 4.69) is 0 Å². The molecule has 0 aromatic heterocycles. The molecule has 4 aliphatic carbocycles. The first kappa shape index (κ1) is 21.4. The van der Waals surface area contributed by atoms with Crippen LogP contribution < -0.4 is 0 Å². The van der Waals surface area contributed by atoms with Crippen molar-refractivity contribution in [2.45, 2.75) is 64.1 Å². The molecule has 0 aromatic rings. The van der Waals surface area contributed by atoms with Crippen LogP contribution in [0.2, 0.25) is 0 Å². The van der Waals surface area contributed by atoms with Crippen LogP contribution in [-0.4, -0.2) is 40.5 Å². The minimum absolute atomic E-state index is 0.194. The third-order valence-electron chi connectivity index (χ3n) is 8.41. The smallest absolute Gasteiger partial charge is 0.303 e. The van der Waals surface area contributed by atoms with Crippen LogP contribution in [0.1, 0.15) is 52.9 Å². The molecule has 0 N–H and O–H groups in total. The zero-order chi connectivity index (χ0) is 22.1. The minimum Gasteiger partial charge on any atom is -0.451 e. The van der Waals surface area contributed by atoms with Gasteiger partial charge in [-0.2, -0.15) is 0 Å². The SMILES string of the molecule is CC(=O)O[C@]1(C(=O)CCl)CC[C@H]2[C@@H]3CCC4=CC(=O)C=C[C@]4(C)[C@@]3(F)C(=O)C[C@@]21C. The molecule has 30 heavy (non-hydrogen) atoms. The van der Waals surface area contributed by atoms with E-state index in [1.54, 1.807) is 13.8 Å². The fourth-order valence-corrected chi connectivity index (χ4v) is 7.18. The van der Waals surface area contributed by atoms with Crippen LogP contribution in [-0.2, 0) is 23.9 Å². The first-order chi connectivity index (χ1) is 14.0. The predicted octanol–water partition coefficient (Wildman–Crippen LogP) is 3.68. The molecule has 0 unspecified atom stereocenters. The van der Waals surface area contributed by atoms with E-state index < -0.39 is 45.6 Å². The Morgan fingerprint density at radius 2 is 1.93 bits per heavy atom. The Morgan fingerprint density at radius 3 is 2.57 bits per heavy atom. The van der Waals surface area contributed by atoms with Crippen molar-refractivity contribution in [1.29, 1.82) is 0 Å². The molecular weight excluding hydrogens is 411 g/mol. The van der Waals surface area contributed by atoms with Crippen molar-refractivity contribution in [1.82, 2.24) is 0 Å². The van der Waals surface area contributed by atoms with Crippen LogP contribution in [0.5, 0.6) is 0 Å². The molecule has 0 amide bonds. The summed E-state index contributed by atoms with van der Waals surface area (Å²) in [6.45, 7) is 4.68. The van der Waals surface area contributed by atoms with E-state index in [-0.39, 0.29) is 30.4 Å². The Hall–Kier alpha value is -1.82. The molecule has 7 heteroatoms. The fourth-order valence-electron chi connectivity index (χ4n) is 6.96. The summed E-state index contributed by atoms with van der Waals surface area (Å²) >= 11 is 5.88. The van der Waals surface area contributed by atoms with Crippen LogP contribution in [0.3, 0.4) is 0 Å². The Kier molecular flexibility index (Phi) is 4.70. The number of alkyl halides is 2.